The van der Waals surface area contributed by atoms with Crippen LogP contribution in [0.15, 0.2) is 30.3 Å². The van der Waals surface area contributed by atoms with E-state index in [0.29, 0.717) is 29.5 Å². The minimum absolute atomic E-state index is 0.169. The number of amides is 1. The quantitative estimate of drug-likeness (QED) is 0.637. The normalized spacial score (nSPS) is 14.5. The van der Waals surface area contributed by atoms with E-state index in [1.807, 2.05) is 12.1 Å². The van der Waals surface area contributed by atoms with E-state index in [9.17, 15) is 4.79 Å². The Balaban J connectivity index is 1.63. The summed E-state index contributed by atoms with van der Waals surface area (Å²) in [6.45, 7) is 0.556. The lowest BCUT2D eigenvalue weighted by Crippen LogP contribution is -2.32. The first-order valence-corrected chi connectivity index (χ1v) is 9.55. The van der Waals surface area contributed by atoms with Gasteiger partial charge in [-0.15, -0.1) is 0 Å². The summed E-state index contributed by atoms with van der Waals surface area (Å²) in [5, 5.41) is 2.96. The summed E-state index contributed by atoms with van der Waals surface area (Å²) in [5.41, 5.74) is 3.17. The fraction of sp³-hybridized carbons (Fsp3) is 0.348. The summed E-state index contributed by atoms with van der Waals surface area (Å²) in [6, 6.07) is 7.55. The van der Waals surface area contributed by atoms with Gasteiger partial charge in [-0.25, -0.2) is 0 Å². The first-order chi connectivity index (χ1) is 14.5. The van der Waals surface area contributed by atoms with Crippen LogP contribution in [0.3, 0.4) is 0 Å². The van der Waals surface area contributed by atoms with Crippen molar-refractivity contribution < 1.29 is 28.5 Å². The van der Waals surface area contributed by atoms with Crippen LogP contribution in [0, 0.1) is 0 Å². The molecule has 2 aromatic rings. The second-order valence-electron chi connectivity index (χ2n) is 6.84. The van der Waals surface area contributed by atoms with Crippen LogP contribution >= 0.6 is 0 Å². The van der Waals surface area contributed by atoms with Gasteiger partial charge in [0, 0.05) is 18.5 Å². The van der Waals surface area contributed by atoms with E-state index < -0.39 is 0 Å². The van der Waals surface area contributed by atoms with E-state index in [4.69, 9.17) is 23.7 Å². The van der Waals surface area contributed by atoms with Crippen molar-refractivity contribution in [2.24, 2.45) is 0 Å². The van der Waals surface area contributed by atoms with Crippen molar-refractivity contribution in [2.45, 2.75) is 12.3 Å². The third-order valence-electron chi connectivity index (χ3n) is 5.19. The molecule has 0 saturated carbocycles. The van der Waals surface area contributed by atoms with Crippen molar-refractivity contribution in [3.05, 3.63) is 47.0 Å². The highest BCUT2D eigenvalue weighted by Gasteiger charge is 2.28. The second-order valence-corrected chi connectivity index (χ2v) is 6.84. The lowest BCUT2D eigenvalue weighted by molar-refractivity contribution is -0.116. The summed E-state index contributed by atoms with van der Waals surface area (Å²) in [4.78, 5) is 12.3. The van der Waals surface area contributed by atoms with Crippen LogP contribution in [0.5, 0.6) is 28.7 Å². The van der Waals surface area contributed by atoms with Crippen molar-refractivity contribution in [1.82, 2.24) is 5.32 Å². The number of ether oxygens (including phenoxy) is 5. The number of carbonyl (C=O) groups excluding carboxylic acids is 1. The van der Waals surface area contributed by atoms with Crippen molar-refractivity contribution >= 4 is 12.0 Å². The van der Waals surface area contributed by atoms with Gasteiger partial charge in [0.05, 0.1) is 35.5 Å². The molecule has 30 heavy (non-hydrogen) atoms. The van der Waals surface area contributed by atoms with E-state index >= 15 is 0 Å². The van der Waals surface area contributed by atoms with Crippen LogP contribution in [0.25, 0.3) is 6.08 Å². The standard InChI is InChI=1S/C23H27NO6/c1-26-18-11-15-10-16(17(15)12-19(18)27-2)13-24-22(25)7-6-14-8-20(28-3)23(30-5)21(9-14)29-4/h6-9,11-12,16H,10,13H2,1-5H3,(H,24,25)/b7-6-/t16-/m0/s1. The molecule has 160 valence electrons. The van der Waals surface area contributed by atoms with Crippen molar-refractivity contribution in [1.29, 1.82) is 0 Å². The van der Waals surface area contributed by atoms with Crippen molar-refractivity contribution in [2.75, 3.05) is 42.1 Å². The van der Waals surface area contributed by atoms with Crippen LogP contribution in [-0.2, 0) is 11.2 Å². The molecule has 0 aromatic heterocycles. The molecular weight excluding hydrogens is 386 g/mol. The zero-order valence-corrected chi connectivity index (χ0v) is 17.9. The van der Waals surface area contributed by atoms with E-state index in [0.717, 1.165) is 17.7 Å². The van der Waals surface area contributed by atoms with Crippen molar-refractivity contribution in [3.63, 3.8) is 0 Å². The van der Waals surface area contributed by atoms with Crippen LogP contribution in [0.2, 0.25) is 0 Å². The van der Waals surface area contributed by atoms with Gasteiger partial charge in [-0.05, 0) is 53.5 Å². The third kappa shape index (κ3) is 4.30. The van der Waals surface area contributed by atoms with Crippen molar-refractivity contribution in [3.8, 4) is 28.7 Å². The van der Waals surface area contributed by atoms with Crippen LogP contribution in [0.4, 0.5) is 0 Å². The Bertz CT molecular complexity index is 928. The number of carbonyl (C=O) groups is 1. The molecule has 2 aromatic carbocycles. The van der Waals surface area contributed by atoms with E-state index in [1.54, 1.807) is 53.8 Å². The highest BCUT2D eigenvalue weighted by atomic mass is 16.5. The van der Waals surface area contributed by atoms with E-state index in [1.165, 1.54) is 17.2 Å². The molecule has 1 aliphatic rings. The van der Waals surface area contributed by atoms with Gasteiger partial charge in [-0.3, -0.25) is 4.79 Å². The molecule has 7 heteroatoms. The van der Waals surface area contributed by atoms with Crippen LogP contribution in [-0.4, -0.2) is 48.0 Å². The summed E-state index contributed by atoms with van der Waals surface area (Å²) in [5.74, 6) is 3.11. The molecule has 0 bridgehead atoms. The van der Waals surface area contributed by atoms with Gasteiger partial charge in [0.2, 0.25) is 11.7 Å². The Labute approximate surface area is 176 Å². The van der Waals surface area contributed by atoms with Gasteiger partial charge >= 0.3 is 0 Å². The van der Waals surface area contributed by atoms with Gasteiger partial charge in [0.25, 0.3) is 0 Å². The van der Waals surface area contributed by atoms with Crippen LogP contribution < -0.4 is 29.0 Å². The smallest absolute Gasteiger partial charge is 0.244 e. The van der Waals surface area contributed by atoms with Gasteiger partial charge in [0.1, 0.15) is 0 Å². The first-order valence-electron chi connectivity index (χ1n) is 9.55. The number of hydrogen-bond acceptors (Lipinski definition) is 6. The Morgan fingerprint density at radius 2 is 1.50 bits per heavy atom. The molecule has 0 saturated heterocycles. The lowest BCUT2D eigenvalue weighted by Gasteiger charge is -2.31. The van der Waals surface area contributed by atoms with Crippen LogP contribution in [0.1, 0.15) is 22.6 Å². The Morgan fingerprint density at radius 1 is 0.900 bits per heavy atom. The molecule has 0 radical (unpaired) electrons. The summed E-state index contributed by atoms with van der Waals surface area (Å²) in [6.07, 6.45) is 4.10. The third-order valence-corrected chi connectivity index (χ3v) is 5.19. The molecule has 1 N–H and O–H groups in total. The maximum Gasteiger partial charge on any atom is 0.244 e. The summed E-state index contributed by atoms with van der Waals surface area (Å²) in [7, 11) is 7.90. The highest BCUT2D eigenvalue weighted by Crippen LogP contribution is 2.42. The molecule has 0 aliphatic heterocycles. The predicted molar refractivity (Wildman–Crippen MR) is 114 cm³/mol. The highest BCUT2D eigenvalue weighted by molar-refractivity contribution is 5.92. The van der Waals surface area contributed by atoms with E-state index in [2.05, 4.69) is 5.32 Å². The van der Waals surface area contributed by atoms with Gasteiger partial charge in [-0.2, -0.15) is 0 Å². The average Bonchev–Trinajstić information content (AvgIpc) is 2.76. The largest absolute Gasteiger partial charge is 0.493 e. The Kier molecular flexibility index (Phi) is 6.72. The van der Waals surface area contributed by atoms with Gasteiger partial charge in [-0.1, -0.05) is 0 Å². The molecule has 1 atom stereocenters. The number of rotatable bonds is 9. The summed E-state index contributed by atoms with van der Waals surface area (Å²) >= 11 is 0. The zero-order valence-electron chi connectivity index (χ0n) is 17.9. The second kappa shape index (κ2) is 9.43. The fourth-order valence-corrected chi connectivity index (χ4v) is 3.57. The summed E-state index contributed by atoms with van der Waals surface area (Å²) < 4.78 is 26.7. The number of benzene rings is 2. The maximum atomic E-state index is 12.3. The molecule has 1 aliphatic carbocycles. The Hall–Kier alpha value is -3.35. The number of methoxy groups -OCH3 is 5. The number of hydrogen-bond donors (Lipinski definition) is 1. The average molecular weight is 413 g/mol. The molecule has 0 unspecified atom stereocenters. The molecule has 7 nitrogen and oxygen atoms in total. The fourth-order valence-electron chi connectivity index (χ4n) is 3.57. The number of nitrogens with one attached hydrogen (secondary N) is 1. The molecule has 3 rings (SSSR count). The first kappa shape index (κ1) is 21.4. The predicted octanol–water partition coefficient (Wildman–Crippen LogP) is 3.20. The zero-order chi connectivity index (χ0) is 21.7. The molecule has 0 fully saturated rings. The molecule has 1 amide bonds. The maximum absolute atomic E-state index is 12.3. The molecular formula is C23H27NO6. The van der Waals surface area contributed by atoms with Gasteiger partial charge < -0.3 is 29.0 Å². The number of fused-ring (bicyclic) bond motifs is 1. The molecule has 0 heterocycles. The monoisotopic (exact) mass is 413 g/mol. The Morgan fingerprint density at radius 3 is 2.07 bits per heavy atom. The molecule has 0 spiro atoms. The van der Waals surface area contributed by atoms with Gasteiger partial charge in [0.15, 0.2) is 23.0 Å². The minimum atomic E-state index is -0.169. The topological polar surface area (TPSA) is 75.3 Å². The van der Waals surface area contributed by atoms with E-state index in [-0.39, 0.29) is 11.8 Å². The lowest BCUT2D eigenvalue weighted by atomic mass is 9.77. The minimum Gasteiger partial charge on any atom is -0.493 e. The SMILES string of the molecule is COc1cc2c(cc1OC)[C@H](CNC(=O)/C=C\c1cc(OC)c(OC)c(OC)c1)C2.